The Kier molecular flexibility index (Phi) is 10.3. The predicted molar refractivity (Wildman–Crippen MR) is 397 cm³/mol. The van der Waals surface area contributed by atoms with E-state index >= 15 is 0 Å². The van der Waals surface area contributed by atoms with Crippen molar-refractivity contribution in [2.45, 2.75) is 0 Å². The number of anilines is 6. The van der Waals surface area contributed by atoms with Crippen molar-refractivity contribution >= 4 is 187 Å². The molecule has 0 amide bonds. The van der Waals surface area contributed by atoms with Gasteiger partial charge in [-0.05, 0) is 119 Å². The molecular formula is C86H49BN4O3S. The van der Waals surface area contributed by atoms with Gasteiger partial charge in [-0.25, -0.2) is 0 Å². The summed E-state index contributed by atoms with van der Waals surface area (Å²) < 4.78 is 29.8. The standard InChI is InChI=1S/C86H49BN4O3S/c1-3-21-50(22-4-1)54-41-43-63-60-29-11-18-36-74(60)92-83(63)79(54)90-72-45-39-53(89-70-34-16-9-27-58(70)59-28-10-17-35-71(59)89)48-67(72)87-78-73(90)49-65-62-31-13-20-38-76(62)94-85(65)82(78)91(80-55(51-23-5-2-6-24-51)42-44-64-61-30-12-19-37-75(61)93-84(64)80)81-66-47-52(40-46-77(66)95-86(81)87)88-68-32-14-7-25-56(68)57-26-8-15-33-69(57)88/h1-49H. The summed E-state index contributed by atoms with van der Waals surface area (Å²) >= 11 is 1.89. The highest BCUT2D eigenvalue weighted by atomic mass is 32.1. The number of fused-ring (bicyclic) bond motifs is 22. The summed E-state index contributed by atoms with van der Waals surface area (Å²) in [4.78, 5) is 5.15. The molecule has 95 heavy (non-hydrogen) atoms. The van der Waals surface area contributed by atoms with Crippen LogP contribution in [-0.2, 0) is 0 Å². The van der Waals surface area contributed by atoms with E-state index in [1.54, 1.807) is 0 Å². The van der Waals surface area contributed by atoms with Gasteiger partial charge in [0.25, 0.3) is 6.71 Å². The third kappa shape index (κ3) is 6.98. The number of nitrogens with zero attached hydrogens (tertiary/aromatic N) is 4. The lowest BCUT2D eigenvalue weighted by atomic mass is 9.36. The summed E-state index contributed by atoms with van der Waals surface area (Å²) in [7, 11) is 0. The summed E-state index contributed by atoms with van der Waals surface area (Å²) in [5.41, 5.74) is 24.1. The van der Waals surface area contributed by atoms with Gasteiger partial charge < -0.3 is 32.2 Å². The average Bonchev–Trinajstić information content (AvgIpc) is 1.65. The molecule has 0 saturated carbocycles. The number of para-hydroxylation sites is 7. The molecule has 6 aromatic heterocycles. The second kappa shape index (κ2) is 19.1. The Morgan fingerprint density at radius 1 is 0.284 bits per heavy atom. The number of aromatic nitrogens is 2. The molecule has 2 aliphatic rings. The number of hydrogen-bond acceptors (Lipinski definition) is 6. The highest BCUT2D eigenvalue weighted by molar-refractivity contribution is 7.33. The van der Waals surface area contributed by atoms with Crippen LogP contribution < -0.4 is 25.5 Å². The number of thiophene rings is 1. The van der Waals surface area contributed by atoms with Crippen LogP contribution in [0.25, 0.3) is 153 Å². The van der Waals surface area contributed by atoms with Crippen LogP contribution in [0, 0.1) is 0 Å². The molecular weight excluding hydrogens is 1180 g/mol. The number of rotatable bonds is 6. The van der Waals surface area contributed by atoms with Gasteiger partial charge in [-0.2, -0.15) is 0 Å². The van der Waals surface area contributed by atoms with Crippen LogP contribution in [0.4, 0.5) is 34.1 Å². The lowest BCUT2D eigenvalue weighted by Gasteiger charge is -2.43. The molecule has 0 radical (unpaired) electrons. The summed E-state index contributed by atoms with van der Waals surface area (Å²) in [6, 6.07) is 109. The molecule has 0 atom stereocenters. The van der Waals surface area contributed by atoms with Gasteiger partial charge in [0.15, 0.2) is 16.7 Å². The fourth-order valence-corrected chi connectivity index (χ4v) is 17.8. The molecule has 0 unspecified atom stereocenters. The van der Waals surface area contributed by atoms with Gasteiger partial charge in [0.2, 0.25) is 0 Å². The van der Waals surface area contributed by atoms with Crippen molar-refractivity contribution in [2.24, 2.45) is 0 Å². The molecule has 9 heteroatoms. The second-order valence-electron chi connectivity index (χ2n) is 25.3. The number of benzene rings is 14. The molecule has 8 heterocycles. The van der Waals surface area contributed by atoms with Crippen LogP contribution in [0.3, 0.4) is 0 Å². The van der Waals surface area contributed by atoms with Crippen molar-refractivity contribution < 1.29 is 13.3 Å². The Balaban J connectivity index is 0.953. The zero-order chi connectivity index (χ0) is 61.7. The van der Waals surface area contributed by atoms with E-state index in [4.69, 9.17) is 13.3 Å². The molecule has 22 rings (SSSR count). The van der Waals surface area contributed by atoms with Crippen LogP contribution in [0.15, 0.2) is 311 Å². The Morgan fingerprint density at radius 3 is 1.22 bits per heavy atom. The zero-order valence-electron chi connectivity index (χ0n) is 50.8. The SMILES string of the molecule is c1ccc(-c2ccc3c(oc4ccccc43)c2N2c3ccc(-n4c5ccccc5c5ccccc54)cc3B3c4sc5ccc(-n6c7ccccc7c7ccccc76)cc5c4N(c4c(-c5ccccc5)ccc5c4oc4ccccc45)c4c3c2cc2c4oc3ccccc32)cc1. The maximum atomic E-state index is 7.67. The first kappa shape index (κ1) is 51.3. The van der Waals surface area contributed by atoms with Crippen LogP contribution in [-0.4, -0.2) is 15.8 Å². The topological polar surface area (TPSA) is 55.8 Å². The van der Waals surface area contributed by atoms with Crippen LogP contribution in [0.1, 0.15) is 0 Å². The van der Waals surface area contributed by atoms with Gasteiger partial charge in [0.05, 0.1) is 44.8 Å². The van der Waals surface area contributed by atoms with E-state index in [2.05, 4.69) is 316 Å². The predicted octanol–water partition coefficient (Wildman–Crippen LogP) is 22.2. The van der Waals surface area contributed by atoms with Crippen molar-refractivity contribution in [1.29, 1.82) is 0 Å². The second-order valence-corrected chi connectivity index (χ2v) is 26.4. The minimum Gasteiger partial charge on any atom is -0.454 e. The van der Waals surface area contributed by atoms with E-state index in [1.165, 1.54) is 31.0 Å². The highest BCUT2D eigenvalue weighted by Gasteiger charge is 2.49. The van der Waals surface area contributed by atoms with E-state index in [-0.39, 0.29) is 6.71 Å². The first-order valence-electron chi connectivity index (χ1n) is 32.4. The monoisotopic (exact) mass is 1230 g/mol. The van der Waals surface area contributed by atoms with E-state index < -0.39 is 0 Å². The van der Waals surface area contributed by atoms with Crippen LogP contribution in [0.5, 0.6) is 0 Å². The molecule has 0 aliphatic carbocycles. The molecule has 7 nitrogen and oxygen atoms in total. The maximum absolute atomic E-state index is 7.67. The summed E-state index contributed by atoms with van der Waals surface area (Å²) in [5.74, 6) is 0. The van der Waals surface area contributed by atoms with Gasteiger partial charge in [-0.3, -0.25) is 0 Å². The van der Waals surface area contributed by atoms with Crippen LogP contribution >= 0.6 is 11.3 Å². The summed E-state index contributed by atoms with van der Waals surface area (Å²) in [6.45, 7) is -0.345. The molecule has 14 aromatic carbocycles. The molecule has 0 saturated heterocycles. The molecule has 0 fully saturated rings. The molecule has 2 aliphatic heterocycles. The van der Waals surface area contributed by atoms with Crippen molar-refractivity contribution in [1.82, 2.24) is 9.13 Å². The molecule has 0 N–H and O–H groups in total. The van der Waals surface area contributed by atoms with Gasteiger partial charge in [0.1, 0.15) is 16.7 Å². The van der Waals surface area contributed by atoms with E-state index in [0.717, 1.165) is 172 Å². The van der Waals surface area contributed by atoms with Crippen LogP contribution in [0.2, 0.25) is 0 Å². The molecule has 440 valence electrons. The molecule has 20 aromatic rings. The molecule has 0 spiro atoms. The van der Waals surface area contributed by atoms with Crippen molar-refractivity contribution in [3.63, 3.8) is 0 Å². The quantitative estimate of drug-likeness (QED) is 0.155. The van der Waals surface area contributed by atoms with Gasteiger partial charge >= 0.3 is 0 Å². The Hall–Kier alpha value is -12.3. The Morgan fingerprint density at radius 2 is 0.705 bits per heavy atom. The lowest BCUT2D eigenvalue weighted by Crippen LogP contribution is -2.60. The van der Waals surface area contributed by atoms with E-state index in [9.17, 15) is 0 Å². The molecule has 0 bridgehead atoms. The minimum absolute atomic E-state index is 0.345. The first-order valence-corrected chi connectivity index (χ1v) is 33.2. The third-order valence-corrected chi connectivity index (χ3v) is 21.7. The van der Waals surface area contributed by atoms with E-state index in [0.29, 0.717) is 0 Å². The highest BCUT2D eigenvalue weighted by Crippen LogP contribution is 2.58. The Bertz CT molecular complexity index is 6600. The fourth-order valence-electron chi connectivity index (χ4n) is 16.5. The van der Waals surface area contributed by atoms with Crippen molar-refractivity contribution in [3.05, 3.63) is 297 Å². The fraction of sp³-hybridized carbons (Fsp3) is 0. The number of hydrogen-bond donors (Lipinski definition) is 0. The minimum atomic E-state index is -0.345. The normalized spacial score (nSPS) is 13.0. The first-order chi connectivity index (χ1) is 47.2. The maximum Gasteiger partial charge on any atom is 0.264 e. The lowest BCUT2D eigenvalue weighted by molar-refractivity contribution is 0.666. The number of furan rings is 3. The summed E-state index contributed by atoms with van der Waals surface area (Å²) in [6.07, 6.45) is 0. The smallest absolute Gasteiger partial charge is 0.264 e. The Labute approximate surface area is 547 Å². The van der Waals surface area contributed by atoms with Crippen molar-refractivity contribution in [3.8, 4) is 33.6 Å². The largest absolute Gasteiger partial charge is 0.454 e. The van der Waals surface area contributed by atoms with Gasteiger partial charge in [-0.15, -0.1) is 11.3 Å². The van der Waals surface area contributed by atoms with E-state index in [1.807, 2.05) is 11.3 Å². The zero-order valence-corrected chi connectivity index (χ0v) is 51.6. The summed E-state index contributed by atoms with van der Waals surface area (Å²) in [5, 5.41) is 12.2. The average molecular weight is 1230 g/mol. The van der Waals surface area contributed by atoms with Gasteiger partial charge in [-0.1, -0.05) is 200 Å². The van der Waals surface area contributed by atoms with Crippen molar-refractivity contribution in [2.75, 3.05) is 9.80 Å². The van der Waals surface area contributed by atoms with Gasteiger partial charge in [0, 0.05) is 103 Å². The third-order valence-electron chi connectivity index (χ3n) is 20.5.